The van der Waals surface area contributed by atoms with Gasteiger partial charge in [-0.15, -0.1) is 0 Å². The number of benzene rings is 4. The van der Waals surface area contributed by atoms with Gasteiger partial charge in [0.1, 0.15) is 0 Å². The second-order valence-corrected chi connectivity index (χ2v) is 17.2. The topological polar surface area (TPSA) is 0 Å². The van der Waals surface area contributed by atoms with E-state index in [9.17, 15) is 0 Å². The van der Waals surface area contributed by atoms with Crippen LogP contribution in [0.4, 0.5) is 0 Å². The van der Waals surface area contributed by atoms with Crippen LogP contribution in [-0.4, -0.2) is 9.52 Å². The van der Waals surface area contributed by atoms with E-state index in [1.807, 2.05) is 0 Å². The fraction of sp³-hybridized carbons (Fsp3) is 0.417. The molecule has 0 N–H and O–H groups in total. The summed E-state index contributed by atoms with van der Waals surface area (Å²) < 4.78 is 0. The Hall–Kier alpha value is -3.42. The highest BCUT2D eigenvalue weighted by Crippen LogP contribution is 2.57. The lowest BCUT2D eigenvalue weighted by Gasteiger charge is -2.44. The second kappa shape index (κ2) is 14.8. The molecule has 0 nitrogen and oxygen atoms in total. The zero-order valence-corrected chi connectivity index (χ0v) is 32.4. The Morgan fingerprint density at radius 3 is 1.22 bits per heavy atom. The van der Waals surface area contributed by atoms with E-state index >= 15 is 0 Å². The molecule has 0 heterocycles. The third-order valence-electron chi connectivity index (χ3n) is 12.1. The molecule has 2 radical (unpaired) electrons. The Balaban J connectivity index is 1.46. The summed E-state index contributed by atoms with van der Waals surface area (Å²) in [6.07, 6.45) is 9.98. The molecular weight excluding hydrogens is 605 g/mol. The third kappa shape index (κ3) is 6.38. The van der Waals surface area contributed by atoms with Gasteiger partial charge in [-0.2, -0.15) is 0 Å². The molecule has 0 bridgehead atoms. The lowest BCUT2D eigenvalue weighted by molar-refractivity contribution is 0.334. The van der Waals surface area contributed by atoms with Crippen molar-refractivity contribution in [3.8, 4) is 22.3 Å². The van der Waals surface area contributed by atoms with Crippen LogP contribution in [0.15, 0.2) is 108 Å². The van der Waals surface area contributed by atoms with E-state index in [4.69, 9.17) is 0 Å². The Labute approximate surface area is 301 Å². The van der Waals surface area contributed by atoms with Crippen molar-refractivity contribution in [1.29, 1.82) is 0 Å². The van der Waals surface area contributed by atoms with E-state index in [0.717, 1.165) is 22.4 Å². The molecule has 1 heteroatoms. The molecule has 4 aromatic rings. The van der Waals surface area contributed by atoms with Gasteiger partial charge in [-0.3, -0.25) is 0 Å². The average Bonchev–Trinajstić information content (AvgIpc) is 3.60. The van der Waals surface area contributed by atoms with Gasteiger partial charge in [-0.25, -0.2) is 0 Å². The summed E-state index contributed by atoms with van der Waals surface area (Å²) in [6, 6.07) is 39.0. The van der Waals surface area contributed by atoms with Crippen LogP contribution in [0.5, 0.6) is 0 Å². The first-order valence-corrected chi connectivity index (χ1v) is 20.6. The second-order valence-electron chi connectivity index (χ2n) is 16.0. The molecule has 6 rings (SSSR count). The van der Waals surface area contributed by atoms with E-state index in [0.29, 0.717) is 23.7 Å². The highest BCUT2D eigenvalue weighted by Gasteiger charge is 2.48. The van der Waals surface area contributed by atoms with Crippen LogP contribution in [0.3, 0.4) is 0 Å². The van der Waals surface area contributed by atoms with Crippen molar-refractivity contribution in [2.45, 2.75) is 104 Å². The minimum absolute atomic E-state index is 0.0729. The third-order valence-corrected chi connectivity index (χ3v) is 13.7. The summed E-state index contributed by atoms with van der Waals surface area (Å²) in [6.45, 7) is 19.6. The molecule has 4 aromatic carbocycles. The van der Waals surface area contributed by atoms with E-state index in [2.05, 4.69) is 165 Å². The fourth-order valence-electron chi connectivity index (χ4n) is 9.36. The van der Waals surface area contributed by atoms with Crippen molar-refractivity contribution in [2.75, 3.05) is 0 Å². The zero-order valence-electron chi connectivity index (χ0n) is 31.4. The van der Waals surface area contributed by atoms with Gasteiger partial charge in [-0.1, -0.05) is 189 Å². The number of hydrogen-bond acceptors (Lipinski definition) is 0. The van der Waals surface area contributed by atoms with Crippen LogP contribution in [0, 0.1) is 23.7 Å². The number of rotatable bonds is 14. The molecule has 0 saturated carbocycles. The van der Waals surface area contributed by atoms with E-state index in [-0.39, 0.29) is 10.8 Å². The van der Waals surface area contributed by atoms with Crippen molar-refractivity contribution >= 4 is 21.7 Å². The van der Waals surface area contributed by atoms with Crippen molar-refractivity contribution in [1.82, 2.24) is 0 Å². The van der Waals surface area contributed by atoms with E-state index in [1.54, 1.807) is 22.3 Å². The van der Waals surface area contributed by atoms with Crippen LogP contribution in [0.1, 0.15) is 103 Å². The largest absolute Gasteiger partial charge is 0.0651 e. The first kappa shape index (κ1) is 35.4. The van der Waals surface area contributed by atoms with Gasteiger partial charge in [0.2, 0.25) is 0 Å². The van der Waals surface area contributed by atoms with Gasteiger partial charge in [0.05, 0.1) is 0 Å². The van der Waals surface area contributed by atoms with Gasteiger partial charge >= 0.3 is 0 Å². The maximum absolute atomic E-state index is 2.64. The molecule has 49 heavy (non-hydrogen) atoms. The lowest BCUT2D eigenvalue weighted by atomic mass is 9.66. The molecule has 2 aliphatic rings. The molecular formula is C48H58Si. The highest BCUT2D eigenvalue weighted by atomic mass is 28.2. The zero-order chi connectivity index (χ0) is 34.8. The molecule has 0 spiro atoms. The van der Waals surface area contributed by atoms with Crippen LogP contribution < -0.4 is 0 Å². The predicted molar refractivity (Wildman–Crippen MR) is 216 cm³/mol. The molecule has 0 fully saturated rings. The molecule has 254 valence electrons. The molecule has 4 unspecified atom stereocenters. The predicted octanol–water partition coefficient (Wildman–Crippen LogP) is 13.7. The molecule has 0 saturated heterocycles. The van der Waals surface area contributed by atoms with Crippen molar-refractivity contribution in [3.63, 3.8) is 0 Å². The van der Waals surface area contributed by atoms with Crippen LogP contribution in [-0.2, 0) is 10.8 Å². The Kier molecular flexibility index (Phi) is 10.7. The first-order chi connectivity index (χ1) is 23.7. The normalized spacial score (nSPS) is 21.0. The van der Waals surface area contributed by atoms with Crippen LogP contribution in [0.2, 0.25) is 12.1 Å². The summed E-state index contributed by atoms with van der Waals surface area (Å²) in [4.78, 5) is 0. The van der Waals surface area contributed by atoms with Crippen molar-refractivity contribution in [3.05, 3.63) is 130 Å². The monoisotopic (exact) mass is 662 g/mol. The van der Waals surface area contributed by atoms with Crippen LogP contribution >= 0.6 is 0 Å². The van der Waals surface area contributed by atoms with E-state index < -0.39 is 0 Å². The highest BCUT2D eigenvalue weighted by molar-refractivity contribution is 6.37. The first-order valence-electron chi connectivity index (χ1n) is 19.2. The van der Waals surface area contributed by atoms with Crippen molar-refractivity contribution < 1.29 is 0 Å². The summed E-state index contributed by atoms with van der Waals surface area (Å²) in [7, 11) is 0.868. The van der Waals surface area contributed by atoms with Crippen molar-refractivity contribution in [2.24, 2.45) is 23.7 Å². The number of hydrogen-bond donors (Lipinski definition) is 0. The van der Waals surface area contributed by atoms with Gasteiger partial charge in [0, 0.05) is 20.3 Å². The Morgan fingerprint density at radius 1 is 0.490 bits per heavy atom. The lowest BCUT2D eigenvalue weighted by Crippen LogP contribution is -2.39. The quantitative estimate of drug-likeness (QED) is 0.118. The maximum atomic E-state index is 2.64. The minimum Gasteiger partial charge on any atom is -0.0651 e. The molecule has 4 atom stereocenters. The van der Waals surface area contributed by atoms with Crippen LogP contribution in [0.25, 0.3) is 34.4 Å². The van der Waals surface area contributed by atoms with Gasteiger partial charge in [-0.05, 0) is 93.1 Å². The Bertz CT molecular complexity index is 1660. The number of allylic oxidation sites excluding steroid dienone is 2. The molecule has 2 aliphatic carbocycles. The molecule has 0 aliphatic heterocycles. The van der Waals surface area contributed by atoms with E-state index in [1.165, 1.54) is 58.3 Å². The average molecular weight is 663 g/mol. The van der Waals surface area contributed by atoms with Gasteiger partial charge in [0.15, 0.2) is 0 Å². The van der Waals surface area contributed by atoms with Gasteiger partial charge in [0.25, 0.3) is 0 Å². The summed E-state index contributed by atoms with van der Waals surface area (Å²) >= 11 is 0. The summed E-state index contributed by atoms with van der Waals surface area (Å²) in [5.41, 5.74) is 15.1. The maximum Gasteiger partial charge on any atom is 0.0403 e. The molecule has 0 amide bonds. The Morgan fingerprint density at radius 2 is 0.878 bits per heavy atom. The summed E-state index contributed by atoms with van der Waals surface area (Å²) in [5.74, 6) is 2.39. The fourth-order valence-corrected chi connectivity index (χ4v) is 11.8. The standard InChI is InChI=1S/C48H58Si/c1-9-35(7)47(39(27-33(3)4)29-43-41(23-17-25-45(43)47)37-19-13-11-14-20-37)31-49-32-48(36(8)10-2)40(28-34(5)6)30-44-42(24-18-26-46(44)48)38-21-15-12-16-22-38/h11-26,29-30,33-36H,9-10,27-28,31-32H2,1-8H3. The van der Waals surface area contributed by atoms with Gasteiger partial charge < -0.3 is 0 Å². The minimum atomic E-state index is 0.0729. The smallest absolute Gasteiger partial charge is 0.0403 e. The SMILES string of the molecule is CCC(C)C1(C[Si]CC2(C(C)CC)C(CC(C)C)=Cc3c(-c4ccccc4)cccc32)C(CC(C)C)=Cc2c(-c3ccccc3)cccc21. The summed E-state index contributed by atoms with van der Waals surface area (Å²) in [5, 5.41) is 0. The molecule has 0 aromatic heterocycles. The number of fused-ring (bicyclic) bond motifs is 2.